The minimum absolute atomic E-state index is 0.0379. The molecule has 0 unspecified atom stereocenters. The van der Waals surface area contributed by atoms with Crippen molar-refractivity contribution >= 4 is 44.1 Å². The first-order chi connectivity index (χ1) is 12.9. The van der Waals surface area contributed by atoms with Crippen molar-refractivity contribution < 1.29 is 18.0 Å². The van der Waals surface area contributed by atoms with E-state index in [2.05, 4.69) is 20.3 Å². The van der Waals surface area contributed by atoms with Gasteiger partial charge < -0.3 is 15.0 Å². The number of imide groups is 1. The Kier molecular flexibility index (Phi) is 5.48. The van der Waals surface area contributed by atoms with Crippen LogP contribution in [-0.4, -0.2) is 25.3 Å². The molecule has 3 aromatic rings. The van der Waals surface area contributed by atoms with Gasteiger partial charge in [0, 0.05) is 16.4 Å². The summed E-state index contributed by atoms with van der Waals surface area (Å²) in [6.45, 7) is 0. The summed E-state index contributed by atoms with van der Waals surface area (Å²) in [5.41, 5.74) is 0.666. The second-order valence-corrected chi connectivity index (χ2v) is 7.66. The van der Waals surface area contributed by atoms with Crippen LogP contribution in [0.4, 0.5) is 15.6 Å². The van der Waals surface area contributed by atoms with Gasteiger partial charge in [-0.15, -0.1) is 0 Å². The van der Waals surface area contributed by atoms with Gasteiger partial charge in [0.25, 0.3) is 5.91 Å². The molecule has 8 nitrogen and oxygen atoms in total. The summed E-state index contributed by atoms with van der Waals surface area (Å²) in [6, 6.07) is 13.0. The number of hydrogen-bond acceptors (Lipinski definition) is 6. The Bertz CT molecular complexity index is 1030. The lowest BCUT2D eigenvalue weighted by molar-refractivity contribution is 0.0967. The Morgan fingerprint density at radius 2 is 1.70 bits per heavy atom. The molecular formula is C17H13N4O4S2-. The van der Waals surface area contributed by atoms with Gasteiger partial charge in [0.05, 0.1) is 4.90 Å². The molecule has 0 aliphatic carbocycles. The van der Waals surface area contributed by atoms with Gasteiger partial charge in [0.1, 0.15) is 0 Å². The molecule has 3 rings (SSSR count). The number of anilines is 1. The van der Waals surface area contributed by atoms with Crippen molar-refractivity contribution in [2.45, 2.75) is 4.90 Å². The second-order valence-electron chi connectivity index (χ2n) is 5.18. The number of benzene rings is 2. The van der Waals surface area contributed by atoms with E-state index in [1.807, 2.05) is 0 Å². The summed E-state index contributed by atoms with van der Waals surface area (Å²) in [6.07, 6.45) is 1.46. The third-order valence-corrected chi connectivity index (χ3v) is 5.35. The van der Waals surface area contributed by atoms with Crippen molar-refractivity contribution in [3.8, 4) is 0 Å². The number of carbonyl (C=O) groups is 2. The van der Waals surface area contributed by atoms with Crippen LogP contribution in [0.2, 0.25) is 0 Å². The highest BCUT2D eigenvalue weighted by Crippen LogP contribution is 2.29. The molecule has 1 aromatic heterocycles. The van der Waals surface area contributed by atoms with Gasteiger partial charge in [-0.1, -0.05) is 24.4 Å². The molecule has 10 heteroatoms. The molecule has 2 aromatic carbocycles. The minimum atomic E-state index is -3.89. The summed E-state index contributed by atoms with van der Waals surface area (Å²) in [4.78, 5) is 27.6. The third kappa shape index (κ3) is 4.90. The van der Waals surface area contributed by atoms with Crippen LogP contribution in [0, 0.1) is 0 Å². The Morgan fingerprint density at radius 1 is 1.00 bits per heavy atom. The van der Waals surface area contributed by atoms with Crippen molar-refractivity contribution in [3.63, 3.8) is 0 Å². The number of urea groups is 1. The number of hydrogen-bond donors (Lipinski definition) is 2. The van der Waals surface area contributed by atoms with E-state index in [0.717, 1.165) is 11.3 Å². The number of aromatic nitrogens is 1. The molecule has 27 heavy (non-hydrogen) atoms. The number of thiazole rings is 1. The number of sulfonamides is 1. The zero-order valence-corrected chi connectivity index (χ0v) is 15.3. The molecule has 0 aliphatic heterocycles. The lowest BCUT2D eigenvalue weighted by atomic mass is 10.2. The lowest BCUT2D eigenvalue weighted by Crippen LogP contribution is -2.34. The molecule has 0 saturated carbocycles. The second kappa shape index (κ2) is 7.98. The van der Waals surface area contributed by atoms with Crippen LogP contribution in [0.1, 0.15) is 10.4 Å². The predicted molar refractivity (Wildman–Crippen MR) is 102 cm³/mol. The topological polar surface area (TPSA) is 119 Å². The largest absolute Gasteiger partial charge is 0.433 e. The summed E-state index contributed by atoms with van der Waals surface area (Å²) >= 11 is 1.11. The maximum Gasteiger partial charge on any atom is 0.326 e. The number of nitrogens with zero attached hydrogens (tertiary/aromatic N) is 2. The van der Waals surface area contributed by atoms with Gasteiger partial charge in [-0.05, 0) is 41.8 Å². The fourth-order valence-electron chi connectivity index (χ4n) is 2.05. The number of carbonyl (C=O) groups excluding carboxylic acids is 2. The van der Waals surface area contributed by atoms with Crippen molar-refractivity contribution in [3.05, 3.63) is 76.5 Å². The SMILES string of the molecule is O=C(NC(=O)c1ccccc1)Nc1ccc(S(=O)(=O)[N-]c2nccs2)cc1. The van der Waals surface area contributed by atoms with E-state index in [1.54, 1.807) is 35.7 Å². The molecule has 0 aliphatic rings. The number of rotatable bonds is 5. The van der Waals surface area contributed by atoms with E-state index in [-0.39, 0.29) is 10.0 Å². The smallest absolute Gasteiger partial charge is 0.326 e. The average Bonchev–Trinajstić information content (AvgIpc) is 3.15. The minimum Gasteiger partial charge on any atom is -0.433 e. The Labute approximate surface area is 159 Å². The van der Waals surface area contributed by atoms with E-state index >= 15 is 0 Å². The van der Waals surface area contributed by atoms with E-state index < -0.39 is 22.0 Å². The molecular weight excluding hydrogens is 388 g/mol. The van der Waals surface area contributed by atoms with Crippen molar-refractivity contribution in [2.75, 3.05) is 5.32 Å². The third-order valence-electron chi connectivity index (χ3n) is 3.29. The zero-order valence-electron chi connectivity index (χ0n) is 13.7. The normalized spacial score (nSPS) is 10.8. The van der Waals surface area contributed by atoms with Crippen LogP contribution < -0.4 is 10.6 Å². The summed E-state index contributed by atoms with van der Waals surface area (Å²) in [5.74, 6) is -0.547. The maximum absolute atomic E-state index is 12.2. The first-order valence-corrected chi connectivity index (χ1v) is 9.91. The number of nitrogens with one attached hydrogen (secondary N) is 2. The Balaban J connectivity index is 1.62. The standard InChI is InChI=1S/C17H14N4O4S2/c22-15(12-4-2-1-3-5-12)20-16(23)19-13-6-8-14(9-7-13)27(24,25)21-17-18-10-11-26-17/h1-11H,(H3,18,19,20,21,22,23)/p-1. The van der Waals surface area contributed by atoms with Gasteiger partial charge in [-0.2, -0.15) is 11.3 Å². The molecule has 0 atom stereocenters. The van der Waals surface area contributed by atoms with Crippen LogP contribution in [0.15, 0.2) is 71.1 Å². The van der Waals surface area contributed by atoms with E-state index in [1.165, 1.54) is 30.5 Å². The van der Waals surface area contributed by atoms with Crippen LogP contribution in [0.25, 0.3) is 4.72 Å². The first kappa shape index (κ1) is 18.5. The molecule has 3 amide bonds. The molecule has 0 fully saturated rings. The van der Waals surface area contributed by atoms with E-state index in [9.17, 15) is 18.0 Å². The highest BCUT2D eigenvalue weighted by atomic mass is 32.2. The van der Waals surface area contributed by atoms with Gasteiger partial charge in [0.15, 0.2) is 0 Å². The summed E-state index contributed by atoms with van der Waals surface area (Å²) in [5, 5.41) is 6.40. The highest BCUT2D eigenvalue weighted by molar-refractivity contribution is 7.94. The number of amides is 3. The quantitative estimate of drug-likeness (QED) is 0.678. The Hall–Kier alpha value is -3.24. The van der Waals surface area contributed by atoms with Gasteiger partial charge in [-0.25, -0.2) is 13.2 Å². The zero-order chi connectivity index (χ0) is 19.3. The van der Waals surface area contributed by atoms with Crippen LogP contribution >= 0.6 is 11.3 Å². The van der Waals surface area contributed by atoms with Crippen LogP contribution in [-0.2, 0) is 10.0 Å². The van der Waals surface area contributed by atoms with Crippen LogP contribution in [0.3, 0.4) is 0 Å². The van der Waals surface area contributed by atoms with E-state index in [0.29, 0.717) is 11.3 Å². The summed E-state index contributed by atoms with van der Waals surface area (Å²) < 4.78 is 28.0. The van der Waals surface area contributed by atoms with Crippen molar-refractivity contribution in [1.29, 1.82) is 0 Å². The van der Waals surface area contributed by atoms with Gasteiger partial charge in [-0.3, -0.25) is 10.1 Å². The summed E-state index contributed by atoms with van der Waals surface area (Å²) in [7, 11) is -3.89. The molecule has 0 saturated heterocycles. The first-order valence-electron chi connectivity index (χ1n) is 7.59. The average molecular weight is 401 g/mol. The monoisotopic (exact) mass is 401 g/mol. The Morgan fingerprint density at radius 3 is 2.33 bits per heavy atom. The van der Waals surface area contributed by atoms with Gasteiger partial charge >= 0.3 is 6.03 Å². The molecule has 2 N–H and O–H groups in total. The maximum atomic E-state index is 12.2. The fraction of sp³-hybridized carbons (Fsp3) is 0. The molecule has 0 spiro atoms. The van der Waals surface area contributed by atoms with Gasteiger partial charge in [0.2, 0.25) is 10.0 Å². The van der Waals surface area contributed by atoms with Crippen LogP contribution in [0.5, 0.6) is 0 Å². The fourth-order valence-corrected chi connectivity index (χ4v) is 3.72. The molecule has 138 valence electrons. The van der Waals surface area contributed by atoms with Crippen molar-refractivity contribution in [2.24, 2.45) is 0 Å². The lowest BCUT2D eigenvalue weighted by Gasteiger charge is -2.12. The van der Waals surface area contributed by atoms with Crippen molar-refractivity contribution in [1.82, 2.24) is 10.3 Å². The van der Waals surface area contributed by atoms with E-state index in [4.69, 9.17) is 0 Å². The molecule has 1 heterocycles. The highest BCUT2D eigenvalue weighted by Gasteiger charge is 2.12. The predicted octanol–water partition coefficient (Wildman–Crippen LogP) is 3.50. The molecule has 0 radical (unpaired) electrons. The molecule has 0 bridgehead atoms.